The fourth-order valence-corrected chi connectivity index (χ4v) is 3.53. The van der Waals surface area contributed by atoms with E-state index in [1.807, 2.05) is 13.0 Å². The maximum atomic E-state index is 4.77. The Labute approximate surface area is 167 Å². The Morgan fingerprint density at radius 3 is 2.18 bits per heavy atom. The maximum Gasteiger partial charge on any atom is 0.227 e. The second-order valence-electron chi connectivity index (χ2n) is 7.50. The molecule has 28 heavy (non-hydrogen) atoms. The van der Waals surface area contributed by atoms with E-state index in [0.29, 0.717) is 0 Å². The highest BCUT2D eigenvalue weighted by molar-refractivity contribution is 5.58. The van der Waals surface area contributed by atoms with Gasteiger partial charge >= 0.3 is 0 Å². The van der Waals surface area contributed by atoms with Crippen molar-refractivity contribution in [3.63, 3.8) is 0 Å². The number of piperazine rings is 1. The third-order valence-corrected chi connectivity index (χ3v) is 5.10. The Bertz CT molecular complexity index is 943. The summed E-state index contributed by atoms with van der Waals surface area (Å²) >= 11 is 0. The van der Waals surface area contributed by atoms with Gasteiger partial charge in [-0.2, -0.15) is 4.98 Å². The zero-order valence-corrected chi connectivity index (χ0v) is 16.8. The van der Waals surface area contributed by atoms with Crippen molar-refractivity contribution in [3.05, 3.63) is 71.4 Å². The average molecular weight is 374 g/mol. The lowest BCUT2D eigenvalue weighted by atomic mass is 10.2. The lowest BCUT2D eigenvalue weighted by Crippen LogP contribution is -2.47. The van der Waals surface area contributed by atoms with Crippen LogP contribution in [0, 0.1) is 20.8 Å². The van der Waals surface area contributed by atoms with E-state index in [0.717, 1.165) is 49.3 Å². The van der Waals surface area contributed by atoms with Crippen molar-refractivity contribution in [1.29, 1.82) is 0 Å². The van der Waals surface area contributed by atoms with E-state index in [1.54, 1.807) is 0 Å². The van der Waals surface area contributed by atoms with Crippen LogP contribution in [0.2, 0.25) is 0 Å². The summed E-state index contributed by atoms with van der Waals surface area (Å²) in [5.41, 5.74) is 5.86. The second-order valence-corrected chi connectivity index (χ2v) is 7.50. The molecule has 0 amide bonds. The molecule has 2 aromatic carbocycles. The van der Waals surface area contributed by atoms with Crippen molar-refractivity contribution in [3.8, 4) is 0 Å². The Morgan fingerprint density at radius 2 is 1.46 bits per heavy atom. The summed E-state index contributed by atoms with van der Waals surface area (Å²) < 4.78 is 0. The minimum Gasteiger partial charge on any atom is -0.368 e. The van der Waals surface area contributed by atoms with Crippen LogP contribution in [-0.2, 0) is 0 Å². The molecule has 0 saturated carbocycles. The van der Waals surface area contributed by atoms with Gasteiger partial charge in [-0.3, -0.25) is 0 Å². The maximum absolute atomic E-state index is 4.77. The summed E-state index contributed by atoms with van der Waals surface area (Å²) in [5.74, 6) is 1.64. The first-order chi connectivity index (χ1) is 13.6. The Hall–Kier alpha value is -3.08. The zero-order valence-electron chi connectivity index (χ0n) is 16.8. The molecule has 1 fully saturated rings. The second kappa shape index (κ2) is 7.89. The highest BCUT2D eigenvalue weighted by atomic mass is 15.3. The molecule has 0 aliphatic carbocycles. The standard InChI is InChI=1S/C23H27N5/c1-17-7-9-20(10-8-17)25-22-16-19(3)24-23(26-22)28-13-11-27(12-14-28)21-6-4-5-18(2)15-21/h4-10,15-16H,11-14H2,1-3H3,(H,24,25,26). The van der Waals surface area contributed by atoms with Crippen LogP contribution in [0.1, 0.15) is 16.8 Å². The topological polar surface area (TPSA) is 44.3 Å². The van der Waals surface area contributed by atoms with Gasteiger partial charge in [0.05, 0.1) is 0 Å². The molecule has 0 radical (unpaired) electrons. The number of nitrogens with one attached hydrogen (secondary N) is 1. The fourth-order valence-electron chi connectivity index (χ4n) is 3.53. The Kier molecular flexibility index (Phi) is 5.15. The van der Waals surface area contributed by atoms with Crippen molar-refractivity contribution in [2.75, 3.05) is 41.3 Å². The van der Waals surface area contributed by atoms with E-state index >= 15 is 0 Å². The molecule has 5 heteroatoms. The normalized spacial score (nSPS) is 14.2. The third-order valence-electron chi connectivity index (χ3n) is 5.10. The van der Waals surface area contributed by atoms with Crippen LogP contribution >= 0.6 is 0 Å². The minimum absolute atomic E-state index is 0.804. The molecule has 144 valence electrons. The number of anilines is 4. The van der Waals surface area contributed by atoms with E-state index in [9.17, 15) is 0 Å². The molecule has 1 saturated heterocycles. The number of benzene rings is 2. The molecular formula is C23H27N5. The summed E-state index contributed by atoms with van der Waals surface area (Å²) in [6.45, 7) is 10.0. The number of aryl methyl sites for hydroxylation is 3. The number of hydrogen-bond acceptors (Lipinski definition) is 5. The van der Waals surface area contributed by atoms with E-state index in [4.69, 9.17) is 4.98 Å². The Morgan fingerprint density at radius 1 is 0.750 bits per heavy atom. The van der Waals surface area contributed by atoms with Crippen LogP contribution in [0.3, 0.4) is 0 Å². The van der Waals surface area contributed by atoms with Gasteiger partial charge in [0.1, 0.15) is 5.82 Å². The van der Waals surface area contributed by atoms with E-state index in [1.165, 1.54) is 16.8 Å². The molecule has 5 nitrogen and oxygen atoms in total. The SMILES string of the molecule is Cc1ccc(Nc2cc(C)nc(N3CCN(c4cccc(C)c4)CC3)n2)cc1. The van der Waals surface area contributed by atoms with Gasteiger partial charge in [0.15, 0.2) is 0 Å². The van der Waals surface area contributed by atoms with Crippen molar-refractivity contribution < 1.29 is 0 Å². The summed E-state index contributed by atoms with van der Waals surface area (Å²) in [6, 6.07) is 19.1. The number of rotatable bonds is 4. The van der Waals surface area contributed by atoms with Crippen LogP contribution < -0.4 is 15.1 Å². The van der Waals surface area contributed by atoms with Crippen molar-refractivity contribution >= 4 is 23.1 Å². The smallest absolute Gasteiger partial charge is 0.227 e. The molecule has 1 aromatic heterocycles. The fraction of sp³-hybridized carbons (Fsp3) is 0.304. The lowest BCUT2D eigenvalue weighted by molar-refractivity contribution is 0.639. The minimum atomic E-state index is 0.804. The molecular weight excluding hydrogens is 346 g/mol. The van der Waals surface area contributed by atoms with Gasteiger partial charge in [0.2, 0.25) is 5.95 Å². The zero-order chi connectivity index (χ0) is 19.5. The summed E-state index contributed by atoms with van der Waals surface area (Å²) in [7, 11) is 0. The van der Waals surface area contributed by atoms with E-state index in [2.05, 4.69) is 82.5 Å². The first-order valence-corrected chi connectivity index (χ1v) is 9.83. The van der Waals surface area contributed by atoms with Crippen molar-refractivity contribution in [1.82, 2.24) is 9.97 Å². The van der Waals surface area contributed by atoms with Gasteiger partial charge in [-0.15, -0.1) is 0 Å². The molecule has 0 unspecified atom stereocenters. The van der Waals surface area contributed by atoms with Gasteiger partial charge < -0.3 is 15.1 Å². The first kappa shape index (κ1) is 18.3. The van der Waals surface area contributed by atoms with Gasteiger partial charge in [-0.1, -0.05) is 29.8 Å². The summed E-state index contributed by atoms with van der Waals surface area (Å²) in [4.78, 5) is 14.2. The Balaban J connectivity index is 1.46. The number of hydrogen-bond donors (Lipinski definition) is 1. The first-order valence-electron chi connectivity index (χ1n) is 9.83. The molecule has 4 rings (SSSR count). The van der Waals surface area contributed by atoms with Crippen molar-refractivity contribution in [2.24, 2.45) is 0 Å². The van der Waals surface area contributed by atoms with Crippen molar-refractivity contribution in [2.45, 2.75) is 20.8 Å². The van der Waals surface area contributed by atoms with Gasteiger partial charge in [-0.05, 0) is 50.6 Å². The monoisotopic (exact) mass is 373 g/mol. The van der Waals surface area contributed by atoms with Crippen LogP contribution in [0.5, 0.6) is 0 Å². The summed E-state index contributed by atoms with van der Waals surface area (Å²) in [6.07, 6.45) is 0. The molecule has 1 N–H and O–H groups in total. The van der Waals surface area contributed by atoms with E-state index < -0.39 is 0 Å². The lowest BCUT2D eigenvalue weighted by Gasteiger charge is -2.36. The molecule has 3 aromatic rings. The molecule has 1 aliphatic heterocycles. The van der Waals surface area contributed by atoms with Crippen LogP contribution in [0.15, 0.2) is 54.6 Å². The molecule has 1 aliphatic rings. The predicted octanol–water partition coefficient (Wildman–Crippen LogP) is 4.47. The average Bonchev–Trinajstić information content (AvgIpc) is 2.69. The largest absolute Gasteiger partial charge is 0.368 e. The molecule has 0 atom stereocenters. The highest BCUT2D eigenvalue weighted by Crippen LogP contribution is 2.22. The number of aromatic nitrogens is 2. The van der Waals surface area contributed by atoms with Gasteiger partial charge in [-0.25, -0.2) is 4.98 Å². The van der Waals surface area contributed by atoms with Crippen LogP contribution in [0.25, 0.3) is 0 Å². The quantitative estimate of drug-likeness (QED) is 0.731. The molecule has 2 heterocycles. The molecule has 0 bridgehead atoms. The van der Waals surface area contributed by atoms with Gasteiger partial charge in [0, 0.05) is 49.3 Å². The highest BCUT2D eigenvalue weighted by Gasteiger charge is 2.20. The third kappa shape index (κ3) is 4.25. The van der Waals surface area contributed by atoms with Crippen LogP contribution in [-0.4, -0.2) is 36.1 Å². The van der Waals surface area contributed by atoms with E-state index in [-0.39, 0.29) is 0 Å². The molecule has 0 spiro atoms. The van der Waals surface area contributed by atoms with Crippen LogP contribution in [0.4, 0.5) is 23.1 Å². The number of nitrogens with zero attached hydrogens (tertiary/aromatic N) is 4. The summed E-state index contributed by atoms with van der Waals surface area (Å²) in [5, 5.41) is 3.40. The predicted molar refractivity (Wildman–Crippen MR) is 117 cm³/mol. The van der Waals surface area contributed by atoms with Gasteiger partial charge in [0.25, 0.3) is 0 Å².